The maximum Gasteiger partial charge on any atom is 0.320 e. The average molecular weight is 294 g/mol. The van der Waals surface area contributed by atoms with Crippen molar-refractivity contribution in [2.75, 3.05) is 6.54 Å². The number of hydrogen-bond acceptors (Lipinski definition) is 5. The van der Waals surface area contributed by atoms with Crippen LogP contribution in [0.3, 0.4) is 0 Å². The highest BCUT2D eigenvalue weighted by molar-refractivity contribution is 7.20. The Kier molecular flexibility index (Phi) is 3.63. The molecule has 0 radical (unpaired) electrons. The summed E-state index contributed by atoms with van der Waals surface area (Å²) in [5.74, 6) is -0.716. The second-order valence-electron chi connectivity index (χ2n) is 4.59. The molecule has 6 heteroatoms. The van der Waals surface area contributed by atoms with Crippen LogP contribution in [0.15, 0.2) is 22.9 Å². The van der Waals surface area contributed by atoms with Gasteiger partial charge in [0.15, 0.2) is 0 Å². The van der Waals surface area contributed by atoms with Crippen molar-refractivity contribution >= 4 is 28.6 Å². The number of aromatic nitrogens is 1. The highest BCUT2D eigenvalue weighted by Crippen LogP contribution is 2.29. The SMILES string of the molecule is O=C(O)[C@H]1CCCN1Cc1csc(-c2cccs2)n1. The summed E-state index contributed by atoms with van der Waals surface area (Å²) in [4.78, 5) is 18.9. The van der Waals surface area contributed by atoms with Gasteiger partial charge in [-0.25, -0.2) is 4.98 Å². The second-order valence-corrected chi connectivity index (χ2v) is 6.39. The number of thiophene rings is 1. The molecule has 0 saturated carbocycles. The van der Waals surface area contributed by atoms with Crippen LogP contribution in [-0.4, -0.2) is 33.5 Å². The minimum Gasteiger partial charge on any atom is -0.480 e. The number of nitrogens with zero attached hydrogens (tertiary/aromatic N) is 2. The molecular weight excluding hydrogens is 280 g/mol. The zero-order valence-corrected chi connectivity index (χ0v) is 11.9. The van der Waals surface area contributed by atoms with E-state index >= 15 is 0 Å². The highest BCUT2D eigenvalue weighted by Gasteiger charge is 2.30. The van der Waals surface area contributed by atoms with Gasteiger partial charge in [-0.3, -0.25) is 9.69 Å². The lowest BCUT2D eigenvalue weighted by molar-refractivity contribution is -0.142. The topological polar surface area (TPSA) is 53.4 Å². The minimum absolute atomic E-state index is 0.341. The summed E-state index contributed by atoms with van der Waals surface area (Å²) < 4.78 is 0. The van der Waals surface area contributed by atoms with Crippen LogP contribution < -0.4 is 0 Å². The molecule has 1 fully saturated rings. The van der Waals surface area contributed by atoms with Crippen molar-refractivity contribution in [1.29, 1.82) is 0 Å². The zero-order chi connectivity index (χ0) is 13.2. The molecule has 0 aliphatic carbocycles. The van der Waals surface area contributed by atoms with Crippen molar-refractivity contribution in [3.63, 3.8) is 0 Å². The third-order valence-electron chi connectivity index (χ3n) is 3.30. The van der Waals surface area contributed by atoms with E-state index in [1.54, 1.807) is 22.7 Å². The van der Waals surface area contributed by atoms with E-state index < -0.39 is 5.97 Å². The highest BCUT2D eigenvalue weighted by atomic mass is 32.1. The van der Waals surface area contributed by atoms with Crippen molar-refractivity contribution in [2.24, 2.45) is 0 Å². The van der Waals surface area contributed by atoms with Crippen LogP contribution >= 0.6 is 22.7 Å². The van der Waals surface area contributed by atoms with Gasteiger partial charge in [-0.05, 0) is 30.8 Å². The van der Waals surface area contributed by atoms with Gasteiger partial charge in [-0.1, -0.05) is 6.07 Å². The Balaban J connectivity index is 1.72. The minimum atomic E-state index is -0.716. The van der Waals surface area contributed by atoms with Crippen molar-refractivity contribution in [1.82, 2.24) is 9.88 Å². The lowest BCUT2D eigenvalue weighted by Crippen LogP contribution is -2.35. The van der Waals surface area contributed by atoms with E-state index in [1.807, 2.05) is 21.7 Å². The number of carboxylic acids is 1. The molecule has 1 aliphatic heterocycles. The standard InChI is InChI=1S/C13H14N2O2S2/c16-13(17)10-3-1-5-15(10)7-9-8-19-12(14-9)11-4-2-6-18-11/h2,4,6,8,10H,1,3,5,7H2,(H,16,17)/t10-/m1/s1. The van der Waals surface area contributed by atoms with E-state index in [0.717, 1.165) is 30.1 Å². The van der Waals surface area contributed by atoms with E-state index in [0.29, 0.717) is 6.54 Å². The molecule has 3 rings (SSSR count). The first-order valence-electron chi connectivity index (χ1n) is 6.19. The van der Waals surface area contributed by atoms with Gasteiger partial charge < -0.3 is 5.11 Å². The predicted molar refractivity (Wildman–Crippen MR) is 76.5 cm³/mol. The molecule has 3 heterocycles. The molecular formula is C13H14N2O2S2. The molecule has 1 atom stereocenters. The predicted octanol–water partition coefficient (Wildman–Crippen LogP) is 2.92. The van der Waals surface area contributed by atoms with Crippen LogP contribution in [-0.2, 0) is 11.3 Å². The van der Waals surface area contributed by atoms with Gasteiger partial charge in [0.05, 0.1) is 10.6 Å². The summed E-state index contributed by atoms with van der Waals surface area (Å²) >= 11 is 3.30. The number of rotatable bonds is 4. The molecule has 2 aromatic rings. The number of hydrogen-bond donors (Lipinski definition) is 1. The fraction of sp³-hybridized carbons (Fsp3) is 0.385. The molecule has 4 nitrogen and oxygen atoms in total. The van der Waals surface area contributed by atoms with Crippen molar-refractivity contribution in [3.05, 3.63) is 28.6 Å². The van der Waals surface area contributed by atoms with Gasteiger partial charge in [-0.15, -0.1) is 22.7 Å². The maximum absolute atomic E-state index is 11.1. The molecule has 100 valence electrons. The summed E-state index contributed by atoms with van der Waals surface area (Å²) in [5.41, 5.74) is 0.974. The van der Waals surface area contributed by atoms with E-state index in [1.165, 1.54) is 4.88 Å². The van der Waals surface area contributed by atoms with E-state index in [4.69, 9.17) is 5.11 Å². The summed E-state index contributed by atoms with van der Waals surface area (Å²) in [5, 5.41) is 14.3. The largest absolute Gasteiger partial charge is 0.480 e. The van der Waals surface area contributed by atoms with Crippen LogP contribution in [0.5, 0.6) is 0 Å². The number of carboxylic acid groups (broad SMARTS) is 1. The molecule has 1 N–H and O–H groups in total. The van der Waals surface area contributed by atoms with E-state index in [-0.39, 0.29) is 6.04 Å². The fourth-order valence-corrected chi connectivity index (χ4v) is 4.02. The van der Waals surface area contributed by atoms with Gasteiger partial charge in [-0.2, -0.15) is 0 Å². The smallest absolute Gasteiger partial charge is 0.320 e. The van der Waals surface area contributed by atoms with Crippen molar-refractivity contribution in [3.8, 4) is 9.88 Å². The Morgan fingerprint density at radius 1 is 1.53 bits per heavy atom. The van der Waals surface area contributed by atoms with Gasteiger partial charge in [0.1, 0.15) is 11.0 Å². The van der Waals surface area contributed by atoms with Crippen LogP contribution in [0.25, 0.3) is 9.88 Å². The lowest BCUT2D eigenvalue weighted by atomic mass is 10.2. The molecule has 0 spiro atoms. The van der Waals surface area contributed by atoms with E-state index in [9.17, 15) is 4.79 Å². The monoisotopic (exact) mass is 294 g/mol. The maximum atomic E-state index is 11.1. The number of thiazole rings is 1. The van der Waals surface area contributed by atoms with Gasteiger partial charge in [0, 0.05) is 11.9 Å². The van der Waals surface area contributed by atoms with E-state index in [2.05, 4.69) is 11.1 Å². The fourth-order valence-electron chi connectivity index (χ4n) is 2.40. The van der Waals surface area contributed by atoms with Crippen LogP contribution in [0.4, 0.5) is 0 Å². The summed E-state index contributed by atoms with van der Waals surface area (Å²) in [7, 11) is 0. The lowest BCUT2D eigenvalue weighted by Gasteiger charge is -2.19. The summed E-state index contributed by atoms with van der Waals surface area (Å²) in [6, 6.07) is 3.73. The molecule has 19 heavy (non-hydrogen) atoms. The first-order chi connectivity index (χ1) is 9.24. The Labute approximate surface area is 119 Å². The summed E-state index contributed by atoms with van der Waals surface area (Å²) in [6.45, 7) is 1.49. The Hall–Kier alpha value is -1.24. The molecule has 1 aliphatic rings. The molecule has 2 aromatic heterocycles. The number of likely N-dealkylation sites (tertiary alicyclic amines) is 1. The van der Waals surface area contributed by atoms with Crippen LogP contribution in [0.2, 0.25) is 0 Å². The number of carbonyl (C=O) groups is 1. The van der Waals surface area contributed by atoms with Crippen molar-refractivity contribution < 1.29 is 9.90 Å². The normalized spacial score (nSPS) is 19.9. The molecule has 0 bridgehead atoms. The first-order valence-corrected chi connectivity index (χ1v) is 7.95. The van der Waals surface area contributed by atoms with Crippen LogP contribution in [0.1, 0.15) is 18.5 Å². The first kappa shape index (κ1) is 12.8. The third kappa shape index (κ3) is 2.70. The summed E-state index contributed by atoms with van der Waals surface area (Å²) in [6.07, 6.45) is 1.70. The third-order valence-corrected chi connectivity index (χ3v) is 5.23. The Morgan fingerprint density at radius 2 is 2.42 bits per heavy atom. The zero-order valence-electron chi connectivity index (χ0n) is 10.3. The molecule has 1 saturated heterocycles. The quantitative estimate of drug-likeness (QED) is 0.942. The van der Waals surface area contributed by atoms with Gasteiger partial charge >= 0.3 is 5.97 Å². The Morgan fingerprint density at radius 3 is 3.16 bits per heavy atom. The Bertz CT molecular complexity index is 565. The van der Waals surface area contributed by atoms with Gasteiger partial charge in [0.25, 0.3) is 0 Å². The van der Waals surface area contributed by atoms with Crippen molar-refractivity contribution in [2.45, 2.75) is 25.4 Å². The van der Waals surface area contributed by atoms with Gasteiger partial charge in [0.2, 0.25) is 0 Å². The average Bonchev–Trinajstić information content (AvgIpc) is 3.09. The molecule has 0 aromatic carbocycles. The molecule has 0 amide bonds. The second kappa shape index (κ2) is 5.40. The number of aliphatic carboxylic acids is 1. The molecule has 0 unspecified atom stereocenters. The van der Waals surface area contributed by atoms with Crippen LogP contribution in [0, 0.1) is 0 Å².